The maximum absolute atomic E-state index is 14.2. The molecule has 0 aliphatic carbocycles. The Morgan fingerprint density at radius 1 is 1.00 bits per heavy atom. The first-order valence-electron chi connectivity index (χ1n) is 13.1. The number of carbonyl (C=O) groups excluding carboxylic acids is 3. The summed E-state index contributed by atoms with van der Waals surface area (Å²) in [6, 6.07) is 19.0. The molecule has 2 atom stereocenters. The average molecular weight is 569 g/mol. The smallest absolute Gasteiger partial charge is 0.416 e. The third kappa shape index (κ3) is 6.94. The van der Waals surface area contributed by atoms with Crippen molar-refractivity contribution in [1.82, 2.24) is 4.90 Å². The van der Waals surface area contributed by atoms with Gasteiger partial charge < -0.3 is 14.4 Å². The van der Waals surface area contributed by atoms with Crippen molar-refractivity contribution in [1.29, 1.82) is 0 Å². The van der Waals surface area contributed by atoms with E-state index in [0.717, 1.165) is 13.0 Å². The Balaban J connectivity index is 1.72. The Labute approximate surface area is 236 Å². The zero-order valence-corrected chi connectivity index (χ0v) is 23.0. The van der Waals surface area contributed by atoms with Crippen molar-refractivity contribution in [3.63, 3.8) is 0 Å². The predicted molar refractivity (Wildman–Crippen MR) is 147 cm³/mol. The minimum Gasteiger partial charge on any atom is -0.497 e. The molecule has 7 nitrogen and oxygen atoms in total. The molecule has 0 spiro atoms. The molecule has 0 fully saturated rings. The third-order valence-electron chi connectivity index (χ3n) is 7.10. The Bertz CT molecular complexity index is 1390. The lowest BCUT2D eigenvalue weighted by atomic mass is 9.86. The number of halogens is 3. The van der Waals surface area contributed by atoms with Gasteiger partial charge in [0.1, 0.15) is 5.75 Å². The van der Waals surface area contributed by atoms with Crippen LogP contribution >= 0.6 is 0 Å². The minimum atomic E-state index is -4.68. The molecule has 41 heavy (non-hydrogen) atoms. The summed E-state index contributed by atoms with van der Waals surface area (Å²) < 4.78 is 53.4. The molecule has 0 N–H and O–H groups in total. The summed E-state index contributed by atoms with van der Waals surface area (Å²) in [5.41, 5.74) is 0.235. The van der Waals surface area contributed by atoms with Gasteiger partial charge in [-0.05, 0) is 48.9 Å². The molecular weight excluding hydrogens is 537 g/mol. The number of rotatable bonds is 9. The molecule has 3 aromatic carbocycles. The van der Waals surface area contributed by atoms with Crippen molar-refractivity contribution < 1.29 is 37.0 Å². The fourth-order valence-electron chi connectivity index (χ4n) is 5.07. The molecular formula is C31H31F3N2O5. The van der Waals surface area contributed by atoms with E-state index < -0.39 is 35.6 Å². The van der Waals surface area contributed by atoms with Gasteiger partial charge in [0.25, 0.3) is 5.91 Å². The number of amides is 1. The highest BCUT2D eigenvalue weighted by Crippen LogP contribution is 2.43. The van der Waals surface area contributed by atoms with Crippen molar-refractivity contribution in [3.8, 4) is 5.75 Å². The molecule has 10 heteroatoms. The van der Waals surface area contributed by atoms with E-state index in [1.165, 1.54) is 24.1 Å². The molecule has 216 valence electrons. The summed E-state index contributed by atoms with van der Waals surface area (Å²) in [7, 11) is 3.18. The molecule has 1 aliphatic heterocycles. The monoisotopic (exact) mass is 568 g/mol. The van der Waals surface area contributed by atoms with Crippen LogP contribution in [0.5, 0.6) is 5.75 Å². The summed E-state index contributed by atoms with van der Waals surface area (Å²) >= 11 is 0. The van der Waals surface area contributed by atoms with Crippen molar-refractivity contribution in [2.24, 2.45) is 0 Å². The highest BCUT2D eigenvalue weighted by atomic mass is 19.4. The quantitative estimate of drug-likeness (QED) is 0.263. The first-order chi connectivity index (χ1) is 19.5. The van der Waals surface area contributed by atoms with Crippen LogP contribution in [0.4, 0.5) is 18.9 Å². The largest absolute Gasteiger partial charge is 0.497 e. The topological polar surface area (TPSA) is 76.2 Å². The van der Waals surface area contributed by atoms with Gasteiger partial charge in [-0.25, -0.2) is 0 Å². The zero-order valence-electron chi connectivity index (χ0n) is 23.0. The van der Waals surface area contributed by atoms with E-state index in [-0.39, 0.29) is 43.1 Å². The lowest BCUT2D eigenvalue weighted by molar-refractivity contribution is -0.154. The van der Waals surface area contributed by atoms with Crippen LogP contribution in [0.25, 0.3) is 0 Å². The Kier molecular flexibility index (Phi) is 9.12. The van der Waals surface area contributed by atoms with Crippen molar-refractivity contribution in [3.05, 3.63) is 95.1 Å². The van der Waals surface area contributed by atoms with E-state index in [1.807, 2.05) is 0 Å². The number of ketones is 1. The molecule has 0 saturated carbocycles. The number of carbonyl (C=O) groups is 3. The van der Waals surface area contributed by atoms with E-state index in [4.69, 9.17) is 9.47 Å². The molecule has 1 heterocycles. The maximum atomic E-state index is 14.2. The van der Waals surface area contributed by atoms with Crippen molar-refractivity contribution in [2.45, 2.75) is 31.5 Å². The van der Waals surface area contributed by atoms with Crippen molar-refractivity contribution in [2.75, 3.05) is 38.7 Å². The molecule has 0 aromatic heterocycles. The first kappa shape index (κ1) is 29.8. The van der Waals surface area contributed by atoms with E-state index >= 15 is 0 Å². The summed E-state index contributed by atoms with van der Waals surface area (Å²) in [6.07, 6.45) is -6.24. The van der Waals surface area contributed by atoms with Crippen LogP contribution in [0.1, 0.15) is 39.9 Å². The molecule has 1 unspecified atom stereocenters. The molecule has 0 saturated heterocycles. The SMILES string of the molecule is COc1ccc(C2Cc3c(cccc3C(F)(F)F)N(CCN(C)CC(=O)c3ccccc3)C(=O)[C@@H]2OC(C)=O)cc1. The number of alkyl halides is 3. The van der Waals surface area contributed by atoms with Gasteiger partial charge >= 0.3 is 12.1 Å². The summed E-state index contributed by atoms with van der Waals surface area (Å²) in [5.74, 6) is -1.85. The van der Waals surface area contributed by atoms with Crippen LogP contribution in [0.15, 0.2) is 72.8 Å². The number of anilines is 1. The summed E-state index contributed by atoms with van der Waals surface area (Å²) in [6.45, 7) is 1.35. The van der Waals surface area contributed by atoms with Gasteiger partial charge in [0, 0.05) is 37.2 Å². The zero-order chi connectivity index (χ0) is 29.7. The first-order valence-corrected chi connectivity index (χ1v) is 13.1. The highest BCUT2D eigenvalue weighted by Gasteiger charge is 2.44. The molecule has 0 bridgehead atoms. The standard InChI is InChI=1S/C31H31F3N2O5/c1-20(37)41-29-24(21-12-14-23(40-3)15-13-21)18-25-26(31(32,33)34)10-7-11-27(25)36(30(29)39)17-16-35(2)19-28(38)22-8-5-4-6-9-22/h4-15,24,29H,16-19H2,1-3H3/t24?,29-/m1/s1. The van der Waals surface area contributed by atoms with E-state index in [1.54, 1.807) is 66.5 Å². The van der Waals surface area contributed by atoms with Gasteiger partial charge in [-0.1, -0.05) is 48.5 Å². The van der Waals surface area contributed by atoms with Crippen molar-refractivity contribution >= 4 is 23.3 Å². The Morgan fingerprint density at radius 2 is 1.68 bits per heavy atom. The molecule has 3 aromatic rings. The van der Waals surface area contributed by atoms with Gasteiger partial charge in [-0.15, -0.1) is 0 Å². The maximum Gasteiger partial charge on any atom is 0.416 e. The van der Waals surface area contributed by atoms with Crippen LogP contribution in [-0.4, -0.2) is 62.5 Å². The third-order valence-corrected chi connectivity index (χ3v) is 7.10. The van der Waals surface area contributed by atoms with Gasteiger partial charge in [0.05, 0.1) is 19.2 Å². The number of hydrogen-bond donors (Lipinski definition) is 0. The summed E-state index contributed by atoms with van der Waals surface area (Å²) in [5, 5.41) is 0. The number of methoxy groups -OCH3 is 1. The Morgan fingerprint density at radius 3 is 2.29 bits per heavy atom. The number of hydrogen-bond acceptors (Lipinski definition) is 6. The van der Waals surface area contributed by atoms with Gasteiger partial charge in [-0.2, -0.15) is 13.2 Å². The molecule has 1 amide bonds. The van der Waals surface area contributed by atoms with Gasteiger partial charge in [0.15, 0.2) is 11.9 Å². The minimum absolute atomic E-state index is 0.0290. The number of esters is 1. The van der Waals surface area contributed by atoms with Crippen LogP contribution in [-0.2, 0) is 26.9 Å². The highest BCUT2D eigenvalue weighted by molar-refractivity contribution is 6.00. The second-order valence-electron chi connectivity index (χ2n) is 9.93. The van der Waals surface area contributed by atoms with Gasteiger partial charge in [0.2, 0.25) is 0 Å². The van der Waals surface area contributed by atoms with Crippen LogP contribution < -0.4 is 9.64 Å². The normalized spacial score (nSPS) is 17.1. The molecule has 1 aliphatic rings. The number of Topliss-reactive ketones (excluding diaryl/α,β-unsaturated/α-hetero) is 1. The average Bonchev–Trinajstić information content (AvgIpc) is 3.05. The Hall–Kier alpha value is -4.18. The lowest BCUT2D eigenvalue weighted by Crippen LogP contribution is -2.46. The predicted octanol–water partition coefficient (Wildman–Crippen LogP) is 5.13. The molecule has 4 rings (SSSR count). The number of ether oxygens (including phenoxy) is 2. The van der Waals surface area contributed by atoms with E-state index in [2.05, 4.69) is 0 Å². The number of benzene rings is 3. The van der Waals surface area contributed by atoms with Crippen LogP contribution in [0.2, 0.25) is 0 Å². The number of likely N-dealkylation sites (N-methyl/N-ethyl adjacent to an activating group) is 1. The second kappa shape index (κ2) is 12.6. The van der Waals surface area contributed by atoms with Crippen LogP contribution in [0.3, 0.4) is 0 Å². The van der Waals surface area contributed by atoms with Crippen LogP contribution in [0, 0.1) is 0 Å². The molecule has 0 radical (unpaired) electrons. The number of nitrogens with zero attached hydrogens (tertiary/aromatic N) is 2. The number of fused-ring (bicyclic) bond motifs is 1. The van der Waals surface area contributed by atoms with Gasteiger partial charge in [-0.3, -0.25) is 19.3 Å². The second-order valence-corrected chi connectivity index (χ2v) is 9.93. The fourth-order valence-corrected chi connectivity index (χ4v) is 5.07. The van der Waals surface area contributed by atoms with E-state index in [0.29, 0.717) is 16.9 Å². The summed E-state index contributed by atoms with van der Waals surface area (Å²) in [4.78, 5) is 41.8. The fraction of sp³-hybridized carbons (Fsp3) is 0.323. The lowest BCUT2D eigenvalue weighted by Gasteiger charge is -2.29. The van der Waals surface area contributed by atoms with E-state index in [9.17, 15) is 27.6 Å².